The van der Waals surface area contributed by atoms with Crippen molar-refractivity contribution in [3.8, 4) is 5.75 Å². The van der Waals surface area contributed by atoms with E-state index < -0.39 is 5.60 Å². The van der Waals surface area contributed by atoms with Crippen LogP contribution in [0.5, 0.6) is 5.75 Å². The number of nitrogens with zero attached hydrogens (tertiary/aromatic N) is 2. The number of nitrogens with one attached hydrogen (secondary N) is 1. The number of ether oxygens (including phenoxy) is 1. The van der Waals surface area contributed by atoms with E-state index in [9.17, 15) is 9.59 Å². The maximum atomic E-state index is 12.8. The van der Waals surface area contributed by atoms with Gasteiger partial charge in [0.15, 0.2) is 5.60 Å². The molecule has 1 aliphatic heterocycles. The summed E-state index contributed by atoms with van der Waals surface area (Å²) >= 11 is 3.39. The van der Waals surface area contributed by atoms with Gasteiger partial charge >= 0.3 is 0 Å². The van der Waals surface area contributed by atoms with Gasteiger partial charge in [0, 0.05) is 47.4 Å². The van der Waals surface area contributed by atoms with E-state index in [2.05, 4.69) is 26.1 Å². The van der Waals surface area contributed by atoms with Gasteiger partial charge in [-0.25, -0.2) is 0 Å². The van der Waals surface area contributed by atoms with E-state index in [4.69, 9.17) is 4.74 Å². The summed E-state index contributed by atoms with van der Waals surface area (Å²) in [6, 6.07) is 15.2. The largest absolute Gasteiger partial charge is 0.478 e. The van der Waals surface area contributed by atoms with Crippen molar-refractivity contribution in [1.29, 1.82) is 0 Å². The van der Waals surface area contributed by atoms with E-state index in [0.717, 1.165) is 36.3 Å². The molecular weight excluding hydrogens is 470 g/mol. The molecule has 1 aliphatic rings. The topological polar surface area (TPSA) is 61.9 Å². The molecule has 1 saturated heterocycles. The van der Waals surface area contributed by atoms with Gasteiger partial charge in [-0.15, -0.1) is 0 Å². The second-order valence-electron chi connectivity index (χ2n) is 9.60. The highest BCUT2D eigenvalue weighted by Gasteiger charge is 2.31. The number of anilines is 2. The van der Waals surface area contributed by atoms with E-state index in [0.29, 0.717) is 11.4 Å². The van der Waals surface area contributed by atoms with Gasteiger partial charge in [0.25, 0.3) is 5.91 Å². The molecule has 0 aromatic heterocycles. The third-order valence-electron chi connectivity index (χ3n) is 5.43. The minimum atomic E-state index is -1.03. The van der Waals surface area contributed by atoms with Crippen molar-refractivity contribution in [1.82, 2.24) is 4.90 Å². The Balaban J connectivity index is 1.56. The standard InChI is InChI=1S/C25H32BrN3O3/c1-24(2,3)23(31)29-16-14-28(15-17-29)20-10-8-19(9-11-20)27-22(30)25(4,5)32-21-12-6-18(26)7-13-21/h6-13H,14-17H2,1-5H3,(H,27,30). The fraction of sp³-hybridized carbons (Fsp3) is 0.440. The molecule has 2 amide bonds. The summed E-state index contributed by atoms with van der Waals surface area (Å²) in [4.78, 5) is 29.5. The zero-order chi connectivity index (χ0) is 23.5. The van der Waals surface area contributed by atoms with Crippen LogP contribution in [0.4, 0.5) is 11.4 Å². The molecule has 172 valence electrons. The third-order valence-corrected chi connectivity index (χ3v) is 5.96. The van der Waals surface area contributed by atoms with E-state index in [1.807, 2.05) is 74.2 Å². The lowest BCUT2D eigenvalue weighted by Crippen LogP contribution is -2.51. The van der Waals surface area contributed by atoms with Crippen molar-refractivity contribution in [3.63, 3.8) is 0 Å². The summed E-state index contributed by atoms with van der Waals surface area (Å²) in [6.07, 6.45) is 0. The van der Waals surface area contributed by atoms with Crippen molar-refractivity contribution < 1.29 is 14.3 Å². The number of hydrogen-bond donors (Lipinski definition) is 1. The van der Waals surface area contributed by atoms with Gasteiger partial charge in [-0.3, -0.25) is 9.59 Å². The van der Waals surface area contributed by atoms with Gasteiger partial charge in [-0.1, -0.05) is 36.7 Å². The number of amides is 2. The number of piperazine rings is 1. The Bertz CT molecular complexity index is 942. The molecule has 2 aromatic rings. The normalized spacial score (nSPS) is 14.8. The van der Waals surface area contributed by atoms with Crippen molar-refractivity contribution in [2.75, 3.05) is 36.4 Å². The predicted molar refractivity (Wildman–Crippen MR) is 132 cm³/mol. The highest BCUT2D eigenvalue weighted by molar-refractivity contribution is 9.10. The first kappa shape index (κ1) is 24.1. The van der Waals surface area contributed by atoms with Crippen LogP contribution >= 0.6 is 15.9 Å². The fourth-order valence-electron chi connectivity index (χ4n) is 3.52. The van der Waals surface area contributed by atoms with Gasteiger partial charge in [-0.05, 0) is 62.4 Å². The number of benzene rings is 2. The Kier molecular flexibility index (Phi) is 7.18. The second kappa shape index (κ2) is 9.53. The van der Waals surface area contributed by atoms with E-state index in [-0.39, 0.29) is 17.2 Å². The molecule has 2 aromatic carbocycles. The average molecular weight is 502 g/mol. The van der Waals surface area contributed by atoms with Gasteiger partial charge in [-0.2, -0.15) is 0 Å². The number of hydrogen-bond acceptors (Lipinski definition) is 4. The summed E-state index contributed by atoms with van der Waals surface area (Å²) in [7, 11) is 0. The number of rotatable bonds is 5. The summed E-state index contributed by atoms with van der Waals surface area (Å²) in [5, 5.41) is 2.94. The first-order valence-electron chi connectivity index (χ1n) is 10.9. The molecule has 0 spiro atoms. The molecule has 7 heteroatoms. The summed E-state index contributed by atoms with van der Waals surface area (Å²) in [6.45, 7) is 12.4. The lowest BCUT2D eigenvalue weighted by Gasteiger charge is -2.38. The fourth-order valence-corrected chi connectivity index (χ4v) is 3.79. The van der Waals surface area contributed by atoms with E-state index >= 15 is 0 Å². The average Bonchev–Trinajstić information content (AvgIpc) is 2.75. The molecule has 6 nitrogen and oxygen atoms in total. The zero-order valence-corrected chi connectivity index (χ0v) is 21.0. The van der Waals surface area contributed by atoms with Crippen molar-refractivity contribution in [3.05, 3.63) is 53.0 Å². The zero-order valence-electron chi connectivity index (χ0n) is 19.4. The van der Waals surface area contributed by atoms with Crippen LogP contribution in [0.25, 0.3) is 0 Å². The van der Waals surface area contributed by atoms with Gasteiger partial charge in [0.05, 0.1) is 0 Å². The lowest BCUT2D eigenvalue weighted by atomic mass is 9.94. The number of carbonyl (C=O) groups is 2. The van der Waals surface area contributed by atoms with Crippen molar-refractivity contribution in [2.24, 2.45) is 5.41 Å². The van der Waals surface area contributed by atoms with Crippen LogP contribution in [0.2, 0.25) is 0 Å². The predicted octanol–water partition coefficient (Wildman–Crippen LogP) is 4.94. The van der Waals surface area contributed by atoms with Crippen LogP contribution in [-0.4, -0.2) is 48.5 Å². The summed E-state index contributed by atoms with van der Waals surface area (Å²) < 4.78 is 6.84. The van der Waals surface area contributed by atoms with Crippen LogP contribution in [-0.2, 0) is 9.59 Å². The van der Waals surface area contributed by atoms with E-state index in [1.165, 1.54) is 0 Å². The number of halogens is 1. The smallest absolute Gasteiger partial charge is 0.267 e. The molecule has 1 fully saturated rings. The molecule has 0 bridgehead atoms. The monoisotopic (exact) mass is 501 g/mol. The molecule has 32 heavy (non-hydrogen) atoms. The summed E-state index contributed by atoms with van der Waals surface area (Å²) in [5.41, 5.74) is 0.420. The van der Waals surface area contributed by atoms with Gasteiger partial charge in [0.1, 0.15) is 5.75 Å². The molecule has 0 unspecified atom stereocenters. The molecule has 0 atom stereocenters. The van der Waals surface area contributed by atoms with Crippen molar-refractivity contribution in [2.45, 2.75) is 40.2 Å². The SMILES string of the molecule is CC(C)(C)C(=O)N1CCN(c2ccc(NC(=O)C(C)(C)Oc3ccc(Br)cc3)cc2)CC1. The molecule has 0 saturated carbocycles. The quantitative estimate of drug-likeness (QED) is 0.630. The van der Waals surface area contributed by atoms with Gasteiger partial charge < -0.3 is 19.9 Å². The Morgan fingerprint density at radius 3 is 1.97 bits per heavy atom. The molecular formula is C25H32BrN3O3. The highest BCUT2D eigenvalue weighted by atomic mass is 79.9. The second-order valence-corrected chi connectivity index (χ2v) is 10.5. The molecule has 1 heterocycles. The Morgan fingerprint density at radius 2 is 1.44 bits per heavy atom. The first-order valence-corrected chi connectivity index (χ1v) is 11.7. The van der Waals surface area contributed by atoms with Crippen molar-refractivity contribution >= 4 is 39.1 Å². The Morgan fingerprint density at radius 1 is 0.875 bits per heavy atom. The maximum absolute atomic E-state index is 12.8. The lowest BCUT2D eigenvalue weighted by molar-refractivity contribution is -0.139. The minimum absolute atomic E-state index is 0.197. The van der Waals surface area contributed by atoms with Crippen LogP contribution < -0.4 is 15.0 Å². The summed E-state index contributed by atoms with van der Waals surface area (Å²) in [5.74, 6) is 0.610. The number of carbonyl (C=O) groups excluding carboxylic acids is 2. The first-order chi connectivity index (χ1) is 15.0. The van der Waals surface area contributed by atoms with Gasteiger partial charge in [0.2, 0.25) is 5.91 Å². The van der Waals surface area contributed by atoms with Crippen LogP contribution in [0, 0.1) is 5.41 Å². The van der Waals surface area contributed by atoms with E-state index in [1.54, 1.807) is 13.8 Å². The van der Waals surface area contributed by atoms with Crippen LogP contribution in [0.3, 0.4) is 0 Å². The third kappa shape index (κ3) is 6.03. The minimum Gasteiger partial charge on any atom is -0.478 e. The Hall–Kier alpha value is -2.54. The maximum Gasteiger partial charge on any atom is 0.267 e. The van der Waals surface area contributed by atoms with Crippen LogP contribution in [0.1, 0.15) is 34.6 Å². The van der Waals surface area contributed by atoms with Crippen LogP contribution in [0.15, 0.2) is 53.0 Å². The Labute approximate surface area is 199 Å². The molecule has 0 radical (unpaired) electrons. The molecule has 0 aliphatic carbocycles. The molecule has 3 rings (SSSR count). The molecule has 1 N–H and O–H groups in total. The highest BCUT2D eigenvalue weighted by Crippen LogP contribution is 2.25.